The van der Waals surface area contributed by atoms with Gasteiger partial charge in [-0.05, 0) is 18.5 Å². The van der Waals surface area contributed by atoms with Crippen molar-refractivity contribution in [1.82, 2.24) is 0 Å². The van der Waals surface area contributed by atoms with Crippen LogP contribution in [-0.4, -0.2) is 15.6 Å². The summed E-state index contributed by atoms with van der Waals surface area (Å²) in [6, 6.07) is 2.78. The van der Waals surface area contributed by atoms with Crippen molar-refractivity contribution in [2.75, 3.05) is 6.61 Å². The van der Waals surface area contributed by atoms with Crippen LogP contribution >= 0.6 is 0 Å². The highest BCUT2D eigenvalue weighted by molar-refractivity contribution is 6.51. The average Bonchev–Trinajstić information content (AvgIpc) is 2.39. The zero-order chi connectivity index (χ0) is 13.5. The van der Waals surface area contributed by atoms with Gasteiger partial charge in [-0.1, -0.05) is 78.6 Å². The van der Waals surface area contributed by atoms with E-state index < -0.39 is 9.04 Å². The predicted molar refractivity (Wildman–Crippen MR) is 84.5 cm³/mol. The lowest BCUT2D eigenvalue weighted by molar-refractivity contribution is 0.307. The van der Waals surface area contributed by atoms with Crippen molar-refractivity contribution in [3.63, 3.8) is 0 Å². The first kappa shape index (κ1) is 18.2. The van der Waals surface area contributed by atoms with Gasteiger partial charge in [-0.25, -0.2) is 0 Å². The molecule has 2 heteroatoms. The summed E-state index contributed by atoms with van der Waals surface area (Å²) in [6.07, 6.45) is 13.6. The van der Waals surface area contributed by atoms with Crippen LogP contribution in [0.5, 0.6) is 0 Å². The fraction of sp³-hybridized carbons (Fsp3) is 1.00. The molecule has 18 heavy (non-hydrogen) atoms. The SMILES string of the molecule is CCCCCC[Si](CCCCCC)OCCCC. The molecule has 0 rings (SSSR count). The van der Waals surface area contributed by atoms with Crippen LogP contribution in [0.2, 0.25) is 12.1 Å². The Balaban J connectivity index is 3.62. The topological polar surface area (TPSA) is 9.23 Å². The number of rotatable bonds is 14. The van der Waals surface area contributed by atoms with Crippen molar-refractivity contribution in [3.05, 3.63) is 0 Å². The zero-order valence-electron chi connectivity index (χ0n) is 13.1. The Morgan fingerprint density at radius 3 is 1.56 bits per heavy atom. The molecule has 1 radical (unpaired) electrons. The smallest absolute Gasteiger partial charge is 0.211 e. The lowest BCUT2D eigenvalue weighted by Crippen LogP contribution is -2.18. The first-order valence-electron chi connectivity index (χ1n) is 8.32. The van der Waals surface area contributed by atoms with E-state index in [1.807, 2.05) is 0 Å². The molecule has 0 amide bonds. The minimum Gasteiger partial charge on any atom is -0.417 e. The van der Waals surface area contributed by atoms with E-state index in [4.69, 9.17) is 4.43 Å². The zero-order valence-corrected chi connectivity index (χ0v) is 14.1. The van der Waals surface area contributed by atoms with Crippen molar-refractivity contribution in [1.29, 1.82) is 0 Å². The van der Waals surface area contributed by atoms with E-state index in [-0.39, 0.29) is 0 Å². The van der Waals surface area contributed by atoms with Crippen LogP contribution in [-0.2, 0) is 4.43 Å². The molecule has 0 aliphatic carbocycles. The highest BCUT2D eigenvalue weighted by Crippen LogP contribution is 2.14. The maximum atomic E-state index is 6.14. The predicted octanol–water partition coefficient (Wildman–Crippen LogP) is 5.96. The summed E-state index contributed by atoms with van der Waals surface area (Å²) in [5.41, 5.74) is 0. The molecule has 0 aromatic carbocycles. The molecule has 0 atom stereocenters. The molecule has 0 aliphatic heterocycles. The van der Waals surface area contributed by atoms with Gasteiger partial charge in [-0.15, -0.1) is 0 Å². The maximum Gasteiger partial charge on any atom is 0.211 e. The molecule has 0 spiro atoms. The van der Waals surface area contributed by atoms with Crippen LogP contribution < -0.4 is 0 Å². The molecule has 0 bridgehead atoms. The Kier molecular flexibility index (Phi) is 15.4. The highest BCUT2D eigenvalue weighted by atomic mass is 28.3. The molecule has 0 saturated carbocycles. The van der Waals surface area contributed by atoms with Gasteiger partial charge in [-0.2, -0.15) is 0 Å². The van der Waals surface area contributed by atoms with Gasteiger partial charge in [-0.3, -0.25) is 0 Å². The van der Waals surface area contributed by atoms with Crippen molar-refractivity contribution < 1.29 is 4.43 Å². The van der Waals surface area contributed by atoms with Crippen molar-refractivity contribution in [2.24, 2.45) is 0 Å². The second kappa shape index (κ2) is 15.2. The molecule has 0 fully saturated rings. The quantitative estimate of drug-likeness (QED) is 0.280. The lowest BCUT2D eigenvalue weighted by atomic mass is 10.2. The van der Waals surface area contributed by atoms with Gasteiger partial charge in [0.1, 0.15) is 0 Å². The molecule has 1 nitrogen and oxygen atoms in total. The molecule has 0 aliphatic rings. The Bertz CT molecular complexity index is 138. The van der Waals surface area contributed by atoms with Gasteiger partial charge in [0, 0.05) is 6.61 Å². The van der Waals surface area contributed by atoms with Gasteiger partial charge in [0.05, 0.1) is 0 Å². The average molecular weight is 272 g/mol. The lowest BCUT2D eigenvalue weighted by Gasteiger charge is -2.15. The molecular formula is C16H35OSi. The van der Waals surface area contributed by atoms with Gasteiger partial charge in [0.2, 0.25) is 9.04 Å². The molecule has 109 valence electrons. The Morgan fingerprint density at radius 1 is 0.611 bits per heavy atom. The van der Waals surface area contributed by atoms with Crippen LogP contribution in [0, 0.1) is 0 Å². The Labute approximate surface area is 117 Å². The van der Waals surface area contributed by atoms with Crippen molar-refractivity contribution >= 4 is 9.04 Å². The van der Waals surface area contributed by atoms with E-state index >= 15 is 0 Å². The summed E-state index contributed by atoms with van der Waals surface area (Å²) < 4.78 is 6.14. The fourth-order valence-corrected chi connectivity index (χ4v) is 4.39. The summed E-state index contributed by atoms with van der Waals surface area (Å²) in [6.45, 7) is 7.84. The summed E-state index contributed by atoms with van der Waals surface area (Å²) in [7, 11) is -0.478. The second-order valence-electron chi connectivity index (χ2n) is 5.36. The Morgan fingerprint density at radius 2 is 1.11 bits per heavy atom. The Hall–Kier alpha value is 0.177. The fourth-order valence-electron chi connectivity index (χ4n) is 2.13. The van der Waals surface area contributed by atoms with Crippen LogP contribution in [0.4, 0.5) is 0 Å². The molecule has 0 N–H and O–H groups in total. The molecule has 0 aromatic heterocycles. The summed E-state index contributed by atoms with van der Waals surface area (Å²) in [5, 5.41) is 0. The first-order valence-corrected chi connectivity index (χ1v) is 10.1. The van der Waals surface area contributed by atoms with Gasteiger partial charge in [0.15, 0.2) is 0 Å². The number of hydrogen-bond donors (Lipinski definition) is 0. The minimum atomic E-state index is -0.478. The molecule has 0 saturated heterocycles. The van der Waals surface area contributed by atoms with E-state index in [0.717, 1.165) is 6.61 Å². The van der Waals surface area contributed by atoms with Crippen molar-refractivity contribution in [2.45, 2.75) is 97.1 Å². The monoisotopic (exact) mass is 271 g/mol. The number of hydrogen-bond acceptors (Lipinski definition) is 1. The van der Waals surface area contributed by atoms with Gasteiger partial charge < -0.3 is 4.43 Å². The molecular weight excluding hydrogens is 236 g/mol. The minimum absolute atomic E-state index is 0.478. The van der Waals surface area contributed by atoms with Crippen LogP contribution in [0.3, 0.4) is 0 Å². The second-order valence-corrected chi connectivity index (χ2v) is 7.73. The maximum absolute atomic E-state index is 6.14. The van der Waals surface area contributed by atoms with E-state index in [1.54, 1.807) is 0 Å². The normalized spacial score (nSPS) is 11.3. The van der Waals surface area contributed by atoms with E-state index in [0.29, 0.717) is 0 Å². The summed E-state index contributed by atoms with van der Waals surface area (Å²) in [5.74, 6) is 0. The summed E-state index contributed by atoms with van der Waals surface area (Å²) in [4.78, 5) is 0. The molecule has 0 aromatic rings. The third kappa shape index (κ3) is 12.6. The van der Waals surface area contributed by atoms with Gasteiger partial charge in [0.25, 0.3) is 0 Å². The van der Waals surface area contributed by atoms with E-state index in [9.17, 15) is 0 Å². The van der Waals surface area contributed by atoms with Crippen LogP contribution in [0.25, 0.3) is 0 Å². The van der Waals surface area contributed by atoms with Crippen molar-refractivity contribution in [3.8, 4) is 0 Å². The van der Waals surface area contributed by atoms with Crippen LogP contribution in [0.1, 0.15) is 85.0 Å². The standard InChI is InChI=1S/C16H35OSi/c1-4-7-10-12-15-18(17-14-9-6-3)16-13-11-8-5-2/h4-16H2,1-3H3. The molecule has 0 unspecified atom stereocenters. The van der Waals surface area contributed by atoms with E-state index in [1.165, 1.54) is 76.3 Å². The van der Waals surface area contributed by atoms with Gasteiger partial charge >= 0.3 is 0 Å². The van der Waals surface area contributed by atoms with E-state index in [2.05, 4.69) is 20.8 Å². The molecule has 0 heterocycles. The summed E-state index contributed by atoms with van der Waals surface area (Å²) >= 11 is 0. The third-order valence-electron chi connectivity index (χ3n) is 3.42. The first-order chi connectivity index (χ1) is 8.85. The number of unbranched alkanes of at least 4 members (excludes halogenated alkanes) is 7. The van der Waals surface area contributed by atoms with Crippen LogP contribution in [0.15, 0.2) is 0 Å². The third-order valence-corrected chi connectivity index (χ3v) is 5.86. The largest absolute Gasteiger partial charge is 0.417 e. The highest BCUT2D eigenvalue weighted by Gasteiger charge is 2.12.